The second-order valence-electron chi connectivity index (χ2n) is 5.48. The van der Waals surface area contributed by atoms with Crippen LogP contribution in [0.2, 0.25) is 0 Å². The zero-order valence-corrected chi connectivity index (χ0v) is 13.2. The van der Waals surface area contributed by atoms with Crippen LogP contribution in [0.5, 0.6) is 0 Å². The number of hydrogen-bond acceptors (Lipinski definition) is 3. The van der Waals surface area contributed by atoms with E-state index in [1.54, 1.807) is 30.5 Å². The van der Waals surface area contributed by atoms with Crippen LogP contribution < -0.4 is 10.6 Å². The van der Waals surface area contributed by atoms with Crippen molar-refractivity contribution in [1.82, 2.24) is 4.98 Å². The Balaban J connectivity index is 1.75. The van der Waals surface area contributed by atoms with Crippen LogP contribution >= 0.6 is 0 Å². The second kappa shape index (κ2) is 6.91. The summed E-state index contributed by atoms with van der Waals surface area (Å²) in [7, 11) is 0. The third kappa shape index (κ3) is 3.76. The summed E-state index contributed by atoms with van der Waals surface area (Å²) in [6.07, 6.45) is 1.96. The number of hydrogen-bond donors (Lipinski definition) is 2. The first-order valence-electron chi connectivity index (χ1n) is 7.62. The van der Waals surface area contributed by atoms with Crippen molar-refractivity contribution >= 4 is 34.1 Å². The number of carbonyl (C=O) groups excluding carboxylic acids is 2. The van der Waals surface area contributed by atoms with Crippen LogP contribution in [0.4, 0.5) is 11.4 Å². The molecule has 0 bridgehead atoms. The van der Waals surface area contributed by atoms with Gasteiger partial charge in [-0.05, 0) is 29.8 Å². The van der Waals surface area contributed by atoms with Crippen LogP contribution in [-0.4, -0.2) is 16.8 Å². The van der Waals surface area contributed by atoms with Gasteiger partial charge in [0.2, 0.25) is 11.8 Å². The first kappa shape index (κ1) is 15.7. The van der Waals surface area contributed by atoms with E-state index in [0.29, 0.717) is 11.4 Å². The van der Waals surface area contributed by atoms with E-state index in [0.717, 1.165) is 16.5 Å². The van der Waals surface area contributed by atoms with Crippen LogP contribution in [0.15, 0.2) is 60.8 Å². The molecule has 0 spiro atoms. The maximum atomic E-state index is 12.3. The number of pyridine rings is 1. The summed E-state index contributed by atoms with van der Waals surface area (Å²) < 4.78 is 0. The van der Waals surface area contributed by atoms with Crippen molar-refractivity contribution < 1.29 is 9.59 Å². The largest absolute Gasteiger partial charge is 0.326 e. The first-order valence-corrected chi connectivity index (χ1v) is 7.62. The number of anilines is 2. The van der Waals surface area contributed by atoms with Gasteiger partial charge in [-0.25, -0.2) is 0 Å². The fourth-order valence-electron chi connectivity index (χ4n) is 2.57. The number of para-hydroxylation sites is 1. The highest BCUT2D eigenvalue weighted by Crippen LogP contribution is 2.18. The van der Waals surface area contributed by atoms with Gasteiger partial charge < -0.3 is 10.6 Å². The molecule has 0 aliphatic rings. The first-order chi connectivity index (χ1) is 11.6. The van der Waals surface area contributed by atoms with Crippen molar-refractivity contribution in [1.29, 1.82) is 0 Å². The minimum Gasteiger partial charge on any atom is -0.326 e. The molecule has 1 aromatic heterocycles. The maximum absolute atomic E-state index is 12.3. The van der Waals surface area contributed by atoms with Crippen LogP contribution in [0.3, 0.4) is 0 Å². The van der Waals surface area contributed by atoms with Gasteiger partial charge in [-0.15, -0.1) is 0 Å². The van der Waals surface area contributed by atoms with E-state index in [9.17, 15) is 9.59 Å². The molecule has 0 aliphatic heterocycles. The molecule has 0 fully saturated rings. The molecule has 0 atom stereocenters. The summed E-state index contributed by atoms with van der Waals surface area (Å²) in [5.41, 5.74) is 3.00. The minimum absolute atomic E-state index is 0.131. The Kier molecular flexibility index (Phi) is 4.52. The molecular formula is C19H17N3O2. The number of carbonyl (C=O) groups is 2. The van der Waals surface area contributed by atoms with Crippen LogP contribution in [-0.2, 0) is 16.0 Å². The molecule has 3 aromatic rings. The second-order valence-corrected chi connectivity index (χ2v) is 5.48. The number of fused-ring (bicyclic) bond motifs is 1. The molecule has 0 saturated heterocycles. The lowest BCUT2D eigenvalue weighted by Crippen LogP contribution is -2.15. The SMILES string of the molecule is CC(=O)Nc1cccc(NC(=O)Cc2cccc3cccnc23)c1. The lowest BCUT2D eigenvalue weighted by Gasteiger charge is -2.09. The summed E-state index contributed by atoms with van der Waals surface area (Å²) in [5.74, 6) is -0.284. The molecule has 2 amide bonds. The molecule has 1 heterocycles. The van der Waals surface area contributed by atoms with Gasteiger partial charge in [-0.3, -0.25) is 14.6 Å². The van der Waals surface area contributed by atoms with Gasteiger partial charge in [0, 0.05) is 29.9 Å². The van der Waals surface area contributed by atoms with Crippen LogP contribution in [0, 0.1) is 0 Å². The Morgan fingerprint density at radius 2 is 1.67 bits per heavy atom. The van der Waals surface area contributed by atoms with Crippen molar-refractivity contribution in [3.63, 3.8) is 0 Å². The fraction of sp³-hybridized carbons (Fsp3) is 0.105. The van der Waals surface area contributed by atoms with Crippen molar-refractivity contribution in [2.75, 3.05) is 10.6 Å². The molecule has 2 aromatic carbocycles. The molecule has 24 heavy (non-hydrogen) atoms. The number of nitrogens with one attached hydrogen (secondary N) is 2. The third-order valence-corrected chi connectivity index (χ3v) is 3.53. The molecule has 0 radical (unpaired) electrons. The summed E-state index contributed by atoms with van der Waals surface area (Å²) in [5, 5.41) is 6.55. The lowest BCUT2D eigenvalue weighted by molar-refractivity contribution is -0.115. The van der Waals surface area contributed by atoms with E-state index in [1.165, 1.54) is 6.92 Å². The average Bonchev–Trinajstić information content (AvgIpc) is 2.55. The fourth-order valence-corrected chi connectivity index (χ4v) is 2.57. The van der Waals surface area contributed by atoms with E-state index >= 15 is 0 Å². The summed E-state index contributed by atoms with van der Waals surface area (Å²) in [6.45, 7) is 1.44. The van der Waals surface area contributed by atoms with E-state index in [-0.39, 0.29) is 18.2 Å². The van der Waals surface area contributed by atoms with Crippen molar-refractivity contribution in [3.05, 3.63) is 66.4 Å². The standard InChI is InChI=1S/C19H17N3O2/c1-13(23)21-16-8-3-9-17(12-16)22-18(24)11-15-6-2-5-14-7-4-10-20-19(14)15/h2-10,12H,11H2,1H3,(H,21,23)(H,22,24). The molecule has 120 valence electrons. The smallest absolute Gasteiger partial charge is 0.228 e. The van der Waals surface area contributed by atoms with Crippen molar-refractivity contribution in [2.45, 2.75) is 13.3 Å². The zero-order chi connectivity index (χ0) is 16.9. The van der Waals surface area contributed by atoms with Crippen LogP contribution in [0.25, 0.3) is 10.9 Å². The Morgan fingerprint density at radius 1 is 0.958 bits per heavy atom. The molecule has 5 nitrogen and oxygen atoms in total. The Hall–Kier alpha value is -3.21. The average molecular weight is 319 g/mol. The maximum Gasteiger partial charge on any atom is 0.228 e. The predicted molar refractivity (Wildman–Crippen MR) is 94.8 cm³/mol. The topological polar surface area (TPSA) is 71.1 Å². The van der Waals surface area contributed by atoms with Crippen molar-refractivity contribution in [2.24, 2.45) is 0 Å². The third-order valence-electron chi connectivity index (χ3n) is 3.53. The van der Waals surface area contributed by atoms with E-state index in [2.05, 4.69) is 15.6 Å². The zero-order valence-electron chi connectivity index (χ0n) is 13.2. The number of nitrogens with zero attached hydrogens (tertiary/aromatic N) is 1. The molecule has 3 rings (SSSR count). The summed E-state index contributed by atoms with van der Waals surface area (Å²) >= 11 is 0. The van der Waals surface area contributed by atoms with Gasteiger partial charge in [-0.1, -0.05) is 30.3 Å². The highest BCUT2D eigenvalue weighted by atomic mass is 16.2. The van der Waals surface area contributed by atoms with E-state index < -0.39 is 0 Å². The normalized spacial score (nSPS) is 10.4. The number of benzene rings is 2. The quantitative estimate of drug-likeness (QED) is 0.774. The Morgan fingerprint density at radius 3 is 2.46 bits per heavy atom. The Bertz CT molecular complexity index is 901. The van der Waals surface area contributed by atoms with Gasteiger partial charge in [0.05, 0.1) is 11.9 Å². The van der Waals surface area contributed by atoms with Crippen LogP contribution in [0.1, 0.15) is 12.5 Å². The van der Waals surface area contributed by atoms with Gasteiger partial charge >= 0.3 is 0 Å². The number of amides is 2. The highest BCUT2D eigenvalue weighted by molar-refractivity contribution is 5.96. The monoisotopic (exact) mass is 319 g/mol. The van der Waals surface area contributed by atoms with Gasteiger partial charge in [-0.2, -0.15) is 0 Å². The molecule has 0 aliphatic carbocycles. The van der Waals surface area contributed by atoms with E-state index in [4.69, 9.17) is 0 Å². The molecule has 5 heteroatoms. The molecule has 2 N–H and O–H groups in total. The minimum atomic E-state index is -0.152. The van der Waals surface area contributed by atoms with Gasteiger partial charge in [0.15, 0.2) is 0 Å². The van der Waals surface area contributed by atoms with Gasteiger partial charge in [0.25, 0.3) is 0 Å². The predicted octanol–water partition coefficient (Wildman–Crippen LogP) is 3.37. The lowest BCUT2D eigenvalue weighted by atomic mass is 10.1. The van der Waals surface area contributed by atoms with Gasteiger partial charge in [0.1, 0.15) is 0 Å². The molecule has 0 unspecified atom stereocenters. The van der Waals surface area contributed by atoms with Crippen molar-refractivity contribution in [3.8, 4) is 0 Å². The Labute approximate surface area is 139 Å². The van der Waals surface area contributed by atoms with E-state index in [1.807, 2.05) is 30.3 Å². The number of aromatic nitrogens is 1. The number of rotatable bonds is 4. The molecule has 0 saturated carbocycles. The summed E-state index contributed by atoms with van der Waals surface area (Å²) in [6, 6.07) is 16.7. The molecular weight excluding hydrogens is 302 g/mol. The summed E-state index contributed by atoms with van der Waals surface area (Å²) in [4.78, 5) is 27.8. The highest BCUT2D eigenvalue weighted by Gasteiger charge is 2.08.